The van der Waals surface area contributed by atoms with Gasteiger partial charge in [-0.1, -0.05) is 0 Å². The van der Waals surface area contributed by atoms with Crippen molar-refractivity contribution in [3.05, 3.63) is 29.8 Å². The number of carbonyl (C=O) groups excluding carboxylic acids is 1. The van der Waals surface area contributed by atoms with Crippen LogP contribution < -0.4 is 4.74 Å². The molecule has 0 saturated carbocycles. The molecule has 0 spiro atoms. The number of hydrogen-bond donors (Lipinski definition) is 1. The number of hydrogen-bond acceptors (Lipinski definition) is 4. The first-order valence-corrected chi connectivity index (χ1v) is 8.86. The van der Waals surface area contributed by atoms with Crippen LogP contribution in [0.2, 0.25) is 0 Å². The number of likely N-dealkylation sites (tertiary alicyclic amines) is 1. The molecule has 0 aromatic heterocycles. The Kier molecular flexibility index (Phi) is 7.73. The van der Waals surface area contributed by atoms with Gasteiger partial charge in [0, 0.05) is 44.7 Å². The topological polar surface area (TPSA) is 76.1 Å². The molecule has 1 aliphatic heterocycles. The average Bonchev–Trinajstić information content (AvgIpc) is 2.64. The molecule has 1 fully saturated rings. The smallest absolute Gasteiger partial charge is 0.303 e. The lowest BCUT2D eigenvalue weighted by atomic mass is 9.97. The highest BCUT2D eigenvalue weighted by Gasteiger charge is 2.27. The summed E-state index contributed by atoms with van der Waals surface area (Å²) in [5, 5.41) is 8.90. The molecule has 25 heavy (non-hydrogen) atoms. The summed E-state index contributed by atoms with van der Waals surface area (Å²) in [4.78, 5) is 25.4. The summed E-state index contributed by atoms with van der Waals surface area (Å²) < 4.78 is 10.6. The number of amides is 1. The van der Waals surface area contributed by atoms with E-state index >= 15 is 0 Å². The lowest BCUT2D eigenvalue weighted by molar-refractivity contribution is -0.137. The molecule has 6 heteroatoms. The van der Waals surface area contributed by atoms with E-state index < -0.39 is 5.97 Å². The second-order valence-corrected chi connectivity index (χ2v) is 6.30. The standard InChI is InChI=1S/C19H27NO5/c1-24-13-4-14-25-17-9-6-15(7-10-17)19(23)20-12-3-2-5-16(20)8-11-18(21)22/h6-7,9-10,16H,2-5,8,11-14H2,1H3,(H,21,22). The monoisotopic (exact) mass is 349 g/mol. The van der Waals surface area contributed by atoms with Crippen LogP contribution in [-0.4, -0.2) is 54.8 Å². The Morgan fingerprint density at radius 3 is 2.64 bits per heavy atom. The predicted molar refractivity (Wildman–Crippen MR) is 94.0 cm³/mol. The summed E-state index contributed by atoms with van der Waals surface area (Å²) >= 11 is 0. The summed E-state index contributed by atoms with van der Waals surface area (Å²) in [6, 6.07) is 7.17. The first-order valence-electron chi connectivity index (χ1n) is 8.86. The maximum absolute atomic E-state index is 12.8. The van der Waals surface area contributed by atoms with Gasteiger partial charge in [-0.15, -0.1) is 0 Å². The number of nitrogens with zero attached hydrogens (tertiary/aromatic N) is 1. The number of benzene rings is 1. The lowest BCUT2D eigenvalue weighted by Gasteiger charge is -2.35. The molecule has 1 atom stereocenters. The van der Waals surface area contributed by atoms with Gasteiger partial charge < -0.3 is 19.5 Å². The molecule has 6 nitrogen and oxygen atoms in total. The van der Waals surface area contributed by atoms with Crippen LogP contribution in [0.15, 0.2) is 24.3 Å². The van der Waals surface area contributed by atoms with E-state index in [4.69, 9.17) is 14.6 Å². The number of piperidine rings is 1. The van der Waals surface area contributed by atoms with Crippen molar-refractivity contribution >= 4 is 11.9 Å². The Morgan fingerprint density at radius 1 is 1.20 bits per heavy atom. The van der Waals surface area contributed by atoms with Gasteiger partial charge >= 0.3 is 5.97 Å². The average molecular weight is 349 g/mol. The summed E-state index contributed by atoms with van der Waals surface area (Å²) in [6.45, 7) is 1.92. The zero-order chi connectivity index (χ0) is 18.1. The molecule has 138 valence electrons. The minimum absolute atomic E-state index is 0.0160. The molecular weight excluding hydrogens is 322 g/mol. The Balaban J connectivity index is 1.94. The lowest BCUT2D eigenvalue weighted by Crippen LogP contribution is -2.43. The maximum atomic E-state index is 12.8. The van der Waals surface area contributed by atoms with E-state index in [9.17, 15) is 9.59 Å². The number of carboxylic acids is 1. The van der Waals surface area contributed by atoms with Crippen molar-refractivity contribution < 1.29 is 24.2 Å². The largest absolute Gasteiger partial charge is 0.494 e. The van der Waals surface area contributed by atoms with Gasteiger partial charge in [0.2, 0.25) is 0 Å². The van der Waals surface area contributed by atoms with Crippen molar-refractivity contribution in [1.29, 1.82) is 0 Å². The van der Waals surface area contributed by atoms with E-state index in [2.05, 4.69) is 0 Å². The molecule has 1 amide bonds. The fraction of sp³-hybridized carbons (Fsp3) is 0.579. The highest BCUT2D eigenvalue weighted by Crippen LogP contribution is 2.24. The minimum atomic E-state index is -0.812. The normalized spacial score (nSPS) is 17.3. The van der Waals surface area contributed by atoms with E-state index in [1.165, 1.54) is 0 Å². The van der Waals surface area contributed by atoms with Crippen molar-refractivity contribution in [3.63, 3.8) is 0 Å². The van der Waals surface area contributed by atoms with E-state index in [0.717, 1.165) is 31.4 Å². The van der Waals surface area contributed by atoms with Gasteiger partial charge in [0.25, 0.3) is 5.91 Å². The van der Waals surface area contributed by atoms with Crippen LogP contribution in [0.3, 0.4) is 0 Å². The van der Waals surface area contributed by atoms with Gasteiger partial charge in [-0.05, 0) is 49.9 Å². The Labute approximate surface area is 148 Å². The SMILES string of the molecule is COCCCOc1ccc(C(=O)N2CCCCC2CCC(=O)O)cc1. The van der Waals surface area contributed by atoms with Crippen LogP contribution >= 0.6 is 0 Å². The number of methoxy groups -OCH3 is 1. The fourth-order valence-electron chi connectivity index (χ4n) is 3.11. The number of ether oxygens (including phenoxy) is 2. The molecule has 1 aromatic rings. The summed E-state index contributed by atoms with van der Waals surface area (Å²) in [6.07, 6.45) is 4.32. The van der Waals surface area contributed by atoms with Crippen LogP contribution in [0.1, 0.15) is 48.9 Å². The molecule has 0 aliphatic carbocycles. The summed E-state index contributed by atoms with van der Waals surface area (Å²) in [7, 11) is 1.66. The van der Waals surface area contributed by atoms with Gasteiger partial charge in [0.1, 0.15) is 5.75 Å². The van der Waals surface area contributed by atoms with E-state index in [-0.39, 0.29) is 18.4 Å². The maximum Gasteiger partial charge on any atom is 0.303 e. The van der Waals surface area contributed by atoms with Crippen LogP contribution in [0.4, 0.5) is 0 Å². The van der Waals surface area contributed by atoms with E-state index in [1.54, 1.807) is 31.4 Å². The zero-order valence-corrected chi connectivity index (χ0v) is 14.8. The van der Waals surface area contributed by atoms with Crippen molar-refractivity contribution in [2.75, 3.05) is 26.9 Å². The molecule has 2 rings (SSSR count). The number of aliphatic carboxylic acids is 1. The second-order valence-electron chi connectivity index (χ2n) is 6.30. The second kappa shape index (κ2) is 10.0. The summed E-state index contributed by atoms with van der Waals surface area (Å²) in [5.41, 5.74) is 0.617. The molecule has 1 aromatic carbocycles. The molecule has 1 aliphatic rings. The Hall–Kier alpha value is -2.08. The van der Waals surface area contributed by atoms with Crippen molar-refractivity contribution in [3.8, 4) is 5.75 Å². The quantitative estimate of drug-likeness (QED) is 0.694. The molecule has 1 saturated heterocycles. The molecule has 0 bridgehead atoms. The first-order chi connectivity index (χ1) is 12.1. The zero-order valence-electron chi connectivity index (χ0n) is 14.8. The minimum Gasteiger partial charge on any atom is -0.494 e. The van der Waals surface area contributed by atoms with Gasteiger partial charge in [-0.3, -0.25) is 9.59 Å². The molecular formula is C19H27NO5. The van der Waals surface area contributed by atoms with Crippen LogP contribution in [-0.2, 0) is 9.53 Å². The van der Waals surface area contributed by atoms with Crippen molar-refractivity contribution in [2.24, 2.45) is 0 Å². The Bertz CT molecular complexity index is 557. The van der Waals surface area contributed by atoms with E-state index in [0.29, 0.717) is 31.7 Å². The third kappa shape index (κ3) is 6.05. The van der Waals surface area contributed by atoms with Crippen LogP contribution in [0.25, 0.3) is 0 Å². The summed E-state index contributed by atoms with van der Waals surface area (Å²) in [5.74, 6) is -0.109. The molecule has 1 N–H and O–H groups in total. The van der Waals surface area contributed by atoms with Crippen molar-refractivity contribution in [1.82, 2.24) is 4.90 Å². The van der Waals surface area contributed by atoms with Gasteiger partial charge in [-0.25, -0.2) is 0 Å². The first kappa shape index (κ1) is 19.2. The molecule has 0 radical (unpaired) electrons. The third-order valence-electron chi connectivity index (χ3n) is 4.44. The highest BCUT2D eigenvalue weighted by molar-refractivity contribution is 5.94. The number of carbonyl (C=O) groups is 2. The fourth-order valence-corrected chi connectivity index (χ4v) is 3.11. The van der Waals surface area contributed by atoms with Gasteiger partial charge in [0.05, 0.1) is 6.61 Å². The van der Waals surface area contributed by atoms with Gasteiger partial charge in [0.15, 0.2) is 0 Å². The third-order valence-corrected chi connectivity index (χ3v) is 4.44. The van der Waals surface area contributed by atoms with Gasteiger partial charge in [-0.2, -0.15) is 0 Å². The Morgan fingerprint density at radius 2 is 1.96 bits per heavy atom. The number of carboxylic acid groups (broad SMARTS) is 1. The highest BCUT2D eigenvalue weighted by atomic mass is 16.5. The van der Waals surface area contributed by atoms with Crippen molar-refractivity contribution in [2.45, 2.75) is 44.6 Å². The van der Waals surface area contributed by atoms with Crippen LogP contribution in [0, 0.1) is 0 Å². The van der Waals surface area contributed by atoms with Crippen LogP contribution in [0.5, 0.6) is 5.75 Å². The predicted octanol–water partition coefficient (Wildman–Crippen LogP) is 2.96. The number of rotatable bonds is 9. The van der Waals surface area contributed by atoms with E-state index in [1.807, 2.05) is 4.90 Å². The molecule has 1 unspecified atom stereocenters. The molecule has 1 heterocycles.